The fraction of sp³-hybridized carbons (Fsp3) is 0.619. The van der Waals surface area contributed by atoms with Crippen LogP contribution in [0.5, 0.6) is 0 Å². The van der Waals surface area contributed by atoms with Crippen molar-refractivity contribution in [3.63, 3.8) is 0 Å². The third-order valence-electron chi connectivity index (χ3n) is 4.53. The second kappa shape index (κ2) is 12.2. The Morgan fingerprint density at radius 3 is 2.48 bits per heavy atom. The van der Waals surface area contributed by atoms with E-state index in [1.54, 1.807) is 17.0 Å². The maximum Gasteiger partial charge on any atom is 0.410 e. The lowest BCUT2D eigenvalue weighted by Gasteiger charge is -2.33. The molecule has 0 aromatic heterocycles. The van der Waals surface area contributed by atoms with E-state index in [1.165, 1.54) is 6.07 Å². The Bertz CT molecular complexity index is 671. The van der Waals surface area contributed by atoms with Crippen LogP contribution in [-0.4, -0.2) is 48.7 Å². The zero-order valence-corrected chi connectivity index (χ0v) is 20.2. The minimum Gasteiger partial charge on any atom is -0.444 e. The van der Waals surface area contributed by atoms with Crippen molar-refractivity contribution in [2.45, 2.75) is 52.7 Å². The van der Waals surface area contributed by atoms with E-state index in [0.717, 1.165) is 25.9 Å². The van der Waals surface area contributed by atoms with Gasteiger partial charge in [0, 0.05) is 31.7 Å². The van der Waals surface area contributed by atoms with E-state index in [9.17, 15) is 9.18 Å². The molecule has 0 bridgehead atoms. The summed E-state index contributed by atoms with van der Waals surface area (Å²) in [6.07, 6.45) is 1.59. The maximum absolute atomic E-state index is 13.8. The van der Waals surface area contributed by atoms with Crippen LogP contribution in [-0.2, 0) is 11.3 Å². The first kappa shape index (κ1) is 25.5. The molecule has 1 fully saturated rings. The van der Waals surface area contributed by atoms with Crippen LogP contribution in [0.1, 0.15) is 46.1 Å². The number of amides is 1. The SMILES string of the molecule is CCNC(=NCc1ccccc1F)NCC1CCN(C(=O)OC(C)(C)C)CC1.I. The molecule has 1 aromatic rings. The van der Waals surface area contributed by atoms with Gasteiger partial charge in [0.1, 0.15) is 11.4 Å². The van der Waals surface area contributed by atoms with Crippen molar-refractivity contribution < 1.29 is 13.9 Å². The summed E-state index contributed by atoms with van der Waals surface area (Å²) in [4.78, 5) is 18.4. The van der Waals surface area contributed by atoms with Gasteiger partial charge in [0.05, 0.1) is 6.54 Å². The van der Waals surface area contributed by atoms with Crippen molar-refractivity contribution in [1.29, 1.82) is 0 Å². The summed E-state index contributed by atoms with van der Waals surface area (Å²) in [7, 11) is 0. The van der Waals surface area contributed by atoms with Gasteiger partial charge in [0.2, 0.25) is 0 Å². The molecule has 2 rings (SSSR count). The molecule has 1 aliphatic rings. The molecular formula is C21H34FIN4O2. The minimum atomic E-state index is -0.467. The minimum absolute atomic E-state index is 0. The Labute approximate surface area is 190 Å². The van der Waals surface area contributed by atoms with E-state index in [2.05, 4.69) is 15.6 Å². The number of piperidine rings is 1. The predicted octanol–water partition coefficient (Wildman–Crippen LogP) is 4.15. The molecule has 0 radical (unpaired) electrons. The van der Waals surface area contributed by atoms with Gasteiger partial charge in [-0.2, -0.15) is 0 Å². The van der Waals surface area contributed by atoms with Crippen LogP contribution >= 0.6 is 24.0 Å². The number of rotatable bonds is 5. The number of hydrogen-bond acceptors (Lipinski definition) is 3. The maximum atomic E-state index is 13.8. The molecule has 29 heavy (non-hydrogen) atoms. The molecule has 1 aliphatic heterocycles. The van der Waals surface area contributed by atoms with Crippen LogP contribution in [0.25, 0.3) is 0 Å². The lowest BCUT2D eigenvalue weighted by atomic mass is 9.97. The molecule has 8 heteroatoms. The number of halogens is 2. The smallest absolute Gasteiger partial charge is 0.410 e. The average Bonchev–Trinajstić information content (AvgIpc) is 2.64. The zero-order valence-electron chi connectivity index (χ0n) is 17.8. The Hall–Kier alpha value is -1.58. The number of aliphatic imine (C=N–C) groups is 1. The third kappa shape index (κ3) is 9.18. The Balaban J connectivity index is 0.00000420. The second-order valence-electron chi connectivity index (χ2n) is 8.08. The highest BCUT2D eigenvalue weighted by molar-refractivity contribution is 14.0. The summed E-state index contributed by atoms with van der Waals surface area (Å²) in [5.74, 6) is 0.896. The first-order valence-corrected chi connectivity index (χ1v) is 10.0. The summed E-state index contributed by atoms with van der Waals surface area (Å²) >= 11 is 0. The number of nitrogens with zero attached hydrogens (tertiary/aromatic N) is 2. The zero-order chi connectivity index (χ0) is 20.6. The Morgan fingerprint density at radius 2 is 1.90 bits per heavy atom. The second-order valence-corrected chi connectivity index (χ2v) is 8.08. The quantitative estimate of drug-likeness (QED) is 0.348. The lowest BCUT2D eigenvalue weighted by molar-refractivity contribution is 0.0185. The van der Waals surface area contributed by atoms with Crippen LogP contribution in [0.3, 0.4) is 0 Å². The van der Waals surface area contributed by atoms with Crippen molar-refractivity contribution in [3.05, 3.63) is 35.6 Å². The number of guanidine groups is 1. The van der Waals surface area contributed by atoms with Gasteiger partial charge in [0.15, 0.2) is 5.96 Å². The van der Waals surface area contributed by atoms with E-state index in [0.29, 0.717) is 37.1 Å². The summed E-state index contributed by atoms with van der Waals surface area (Å²) in [6.45, 7) is 10.8. The van der Waals surface area contributed by atoms with E-state index in [1.807, 2.05) is 33.8 Å². The van der Waals surface area contributed by atoms with Crippen LogP contribution in [0.4, 0.5) is 9.18 Å². The fourth-order valence-electron chi connectivity index (χ4n) is 3.02. The molecule has 6 nitrogen and oxygen atoms in total. The van der Waals surface area contributed by atoms with Gasteiger partial charge in [-0.25, -0.2) is 14.2 Å². The standard InChI is InChI=1S/C21H33FN4O2.HI/c1-5-23-19(25-15-17-8-6-7-9-18(17)22)24-14-16-10-12-26(13-11-16)20(27)28-21(2,3)4;/h6-9,16H,5,10-15H2,1-4H3,(H2,23,24,25);1H. The summed E-state index contributed by atoms with van der Waals surface area (Å²) in [6, 6.07) is 6.68. The predicted molar refractivity (Wildman–Crippen MR) is 125 cm³/mol. The summed E-state index contributed by atoms with van der Waals surface area (Å²) in [5.41, 5.74) is 0.107. The molecule has 1 amide bonds. The van der Waals surface area contributed by atoms with E-state index in [4.69, 9.17) is 4.74 Å². The molecule has 0 saturated carbocycles. The molecule has 1 heterocycles. The number of carbonyl (C=O) groups excluding carboxylic acids is 1. The number of carbonyl (C=O) groups is 1. The van der Waals surface area contributed by atoms with E-state index < -0.39 is 5.60 Å². The number of likely N-dealkylation sites (tertiary alicyclic amines) is 1. The molecule has 0 aliphatic carbocycles. The average molecular weight is 520 g/mol. The molecule has 0 unspecified atom stereocenters. The number of ether oxygens (including phenoxy) is 1. The first-order valence-electron chi connectivity index (χ1n) is 10.0. The lowest BCUT2D eigenvalue weighted by Crippen LogP contribution is -2.45. The normalized spacial score (nSPS) is 15.5. The highest BCUT2D eigenvalue weighted by atomic mass is 127. The molecule has 164 valence electrons. The van der Waals surface area contributed by atoms with Gasteiger partial charge in [-0.05, 0) is 52.5 Å². The molecule has 1 saturated heterocycles. The van der Waals surface area contributed by atoms with Gasteiger partial charge in [-0.1, -0.05) is 18.2 Å². The van der Waals surface area contributed by atoms with Gasteiger partial charge < -0.3 is 20.3 Å². The topological polar surface area (TPSA) is 66.0 Å². The van der Waals surface area contributed by atoms with Crippen molar-refractivity contribution in [3.8, 4) is 0 Å². The van der Waals surface area contributed by atoms with Crippen LogP contribution < -0.4 is 10.6 Å². The van der Waals surface area contributed by atoms with E-state index >= 15 is 0 Å². The molecule has 1 aromatic carbocycles. The third-order valence-corrected chi connectivity index (χ3v) is 4.53. The number of benzene rings is 1. The first-order chi connectivity index (χ1) is 13.3. The van der Waals surface area contributed by atoms with Crippen molar-refractivity contribution in [2.24, 2.45) is 10.9 Å². The number of hydrogen-bond donors (Lipinski definition) is 2. The van der Waals surface area contributed by atoms with Gasteiger partial charge in [-0.3, -0.25) is 0 Å². The van der Waals surface area contributed by atoms with Crippen molar-refractivity contribution >= 4 is 36.0 Å². The molecule has 2 N–H and O–H groups in total. The van der Waals surface area contributed by atoms with Crippen molar-refractivity contribution in [1.82, 2.24) is 15.5 Å². The van der Waals surface area contributed by atoms with Gasteiger partial charge in [-0.15, -0.1) is 24.0 Å². The van der Waals surface area contributed by atoms with Crippen LogP contribution in [0.2, 0.25) is 0 Å². The largest absolute Gasteiger partial charge is 0.444 e. The van der Waals surface area contributed by atoms with Crippen LogP contribution in [0.15, 0.2) is 29.3 Å². The number of nitrogens with one attached hydrogen (secondary N) is 2. The monoisotopic (exact) mass is 520 g/mol. The molecule has 0 atom stereocenters. The highest BCUT2D eigenvalue weighted by Gasteiger charge is 2.26. The van der Waals surface area contributed by atoms with Crippen molar-refractivity contribution in [2.75, 3.05) is 26.2 Å². The molecular weight excluding hydrogens is 486 g/mol. The highest BCUT2D eigenvalue weighted by Crippen LogP contribution is 2.19. The van der Waals surface area contributed by atoms with Crippen LogP contribution in [0, 0.1) is 11.7 Å². The van der Waals surface area contributed by atoms with Gasteiger partial charge in [0.25, 0.3) is 0 Å². The van der Waals surface area contributed by atoms with Gasteiger partial charge >= 0.3 is 6.09 Å². The molecule has 0 spiro atoms. The summed E-state index contributed by atoms with van der Waals surface area (Å²) in [5, 5.41) is 6.54. The fourth-order valence-corrected chi connectivity index (χ4v) is 3.02. The summed E-state index contributed by atoms with van der Waals surface area (Å²) < 4.78 is 19.2. The van der Waals surface area contributed by atoms with E-state index in [-0.39, 0.29) is 35.9 Å². The Morgan fingerprint density at radius 1 is 1.24 bits per heavy atom. The Kier molecular flexibility index (Phi) is 10.7.